The maximum Gasteiger partial charge on any atom is 0.323 e. The number of benzene rings is 4. The number of fused-ring (bicyclic) bond motifs is 2. The van der Waals surface area contributed by atoms with Crippen LogP contribution in [0, 0.1) is 0 Å². The number of carbonyl (C=O) groups is 1. The summed E-state index contributed by atoms with van der Waals surface area (Å²) >= 11 is 0. The Morgan fingerprint density at radius 3 is 1.27 bits per heavy atom. The second-order valence-corrected chi connectivity index (χ2v) is 16.2. The van der Waals surface area contributed by atoms with E-state index < -0.39 is 67.8 Å². The lowest BCUT2D eigenvalue weighted by atomic mass is 10.1. The summed E-state index contributed by atoms with van der Waals surface area (Å²) in [4.78, 5) is 11.8. The first kappa shape index (κ1) is 36.7. The van der Waals surface area contributed by atoms with Crippen LogP contribution in [0.1, 0.15) is 12.8 Å². The quantitative estimate of drug-likeness (QED) is 0.0796. The maximum atomic E-state index is 12.9. The lowest BCUT2D eigenvalue weighted by Crippen LogP contribution is -2.19. The number of amides is 2. The van der Waals surface area contributed by atoms with E-state index in [9.17, 15) is 47.6 Å². The Labute approximate surface area is 274 Å². The third kappa shape index (κ3) is 10.5. The normalized spacial score (nSPS) is 12.6. The molecule has 0 aliphatic rings. The number of rotatable bonds is 14. The van der Waals surface area contributed by atoms with E-state index in [1.807, 2.05) is 0 Å². The third-order valence-electron chi connectivity index (χ3n) is 6.50. The Balaban J connectivity index is 1.56. The van der Waals surface area contributed by atoms with Gasteiger partial charge in [0.05, 0.1) is 34.5 Å². The largest absolute Gasteiger partial charge is 0.493 e. The summed E-state index contributed by atoms with van der Waals surface area (Å²) in [6.07, 6.45) is -0.235. The molecule has 0 aliphatic carbocycles. The molecule has 0 heterocycles. The van der Waals surface area contributed by atoms with Crippen molar-refractivity contribution >= 4 is 79.4 Å². The van der Waals surface area contributed by atoms with Crippen LogP contribution < -0.4 is 20.1 Å². The molecule has 260 valence electrons. The molecule has 0 saturated heterocycles. The molecule has 0 aromatic heterocycles. The number of anilines is 2. The molecule has 0 spiro atoms. The van der Waals surface area contributed by atoms with Gasteiger partial charge in [-0.3, -0.25) is 18.2 Å². The standard InChI is InChI=1S/C27H28N2O15S4/c30-27(28-19-3-5-23-17(11-19)13-21(47(37,38)39)15-25(23)43-7-1-9-45(31,32)33)29-20-4-6-24-18(12-20)14-22(48(40,41)42)16-26(24)44-8-2-10-46(34,35)36/h3-6,11-16H,1-2,7-10H2,(H2,28,29,30)(H,31,32,33)(H,34,35,36)(H,37,38,39)(H,40,41,42). The fraction of sp³-hybridized carbons (Fsp3) is 0.222. The molecule has 21 heteroatoms. The molecular formula is C27H28N2O15S4. The zero-order valence-corrected chi connectivity index (χ0v) is 27.7. The van der Waals surface area contributed by atoms with Gasteiger partial charge >= 0.3 is 6.03 Å². The maximum absolute atomic E-state index is 12.9. The van der Waals surface area contributed by atoms with Gasteiger partial charge in [0.2, 0.25) is 0 Å². The van der Waals surface area contributed by atoms with Gasteiger partial charge in [-0.25, -0.2) is 4.79 Å². The van der Waals surface area contributed by atoms with Crippen molar-refractivity contribution in [2.75, 3.05) is 35.4 Å². The number of urea groups is 1. The smallest absolute Gasteiger partial charge is 0.323 e. The summed E-state index contributed by atoms with van der Waals surface area (Å²) in [6, 6.07) is 12.1. The molecule has 0 bridgehead atoms. The number of hydrogen-bond donors (Lipinski definition) is 6. The predicted octanol–water partition coefficient (Wildman–Crippen LogP) is 3.44. The van der Waals surface area contributed by atoms with Gasteiger partial charge in [0.15, 0.2) is 0 Å². The van der Waals surface area contributed by atoms with Crippen LogP contribution in [0.5, 0.6) is 11.5 Å². The van der Waals surface area contributed by atoms with Crippen LogP contribution in [0.3, 0.4) is 0 Å². The van der Waals surface area contributed by atoms with Crippen LogP contribution in [-0.2, 0) is 40.5 Å². The van der Waals surface area contributed by atoms with E-state index in [4.69, 9.17) is 18.6 Å². The molecule has 6 N–H and O–H groups in total. The van der Waals surface area contributed by atoms with Gasteiger partial charge in [-0.15, -0.1) is 0 Å². The highest BCUT2D eigenvalue weighted by atomic mass is 32.2. The van der Waals surface area contributed by atoms with Gasteiger partial charge in [0, 0.05) is 34.3 Å². The molecule has 0 atom stereocenters. The summed E-state index contributed by atoms with van der Waals surface area (Å²) < 4.78 is 139. The topological polar surface area (TPSA) is 277 Å². The Hall–Kier alpha value is -4.09. The van der Waals surface area contributed by atoms with Gasteiger partial charge in [-0.05, 0) is 72.1 Å². The zero-order valence-electron chi connectivity index (χ0n) is 24.4. The van der Waals surface area contributed by atoms with Crippen LogP contribution in [0.25, 0.3) is 21.5 Å². The van der Waals surface area contributed by atoms with Crippen LogP contribution in [0.15, 0.2) is 70.5 Å². The summed E-state index contributed by atoms with van der Waals surface area (Å²) in [5, 5.41) is 6.20. The van der Waals surface area contributed by atoms with Crippen LogP contribution in [-0.4, -0.2) is 82.6 Å². The molecule has 17 nitrogen and oxygen atoms in total. The van der Waals surface area contributed by atoms with Crippen molar-refractivity contribution in [1.82, 2.24) is 0 Å². The first-order valence-corrected chi connectivity index (χ1v) is 19.6. The molecule has 4 aromatic carbocycles. The molecule has 2 amide bonds. The number of ether oxygens (including phenoxy) is 2. The highest BCUT2D eigenvalue weighted by Gasteiger charge is 2.18. The van der Waals surface area contributed by atoms with Crippen LogP contribution in [0.2, 0.25) is 0 Å². The fourth-order valence-corrected chi connectivity index (χ4v) is 6.48. The van der Waals surface area contributed by atoms with E-state index in [2.05, 4.69) is 10.6 Å². The van der Waals surface area contributed by atoms with E-state index in [0.29, 0.717) is 10.8 Å². The van der Waals surface area contributed by atoms with Gasteiger partial charge in [-0.2, -0.15) is 33.7 Å². The van der Waals surface area contributed by atoms with Crippen molar-refractivity contribution in [3.8, 4) is 11.5 Å². The number of carbonyl (C=O) groups excluding carboxylic acids is 1. The second-order valence-electron chi connectivity index (χ2n) is 10.2. The van der Waals surface area contributed by atoms with Crippen molar-refractivity contribution in [3.05, 3.63) is 60.7 Å². The highest BCUT2D eigenvalue weighted by Crippen LogP contribution is 2.33. The van der Waals surface area contributed by atoms with Crippen molar-refractivity contribution in [3.63, 3.8) is 0 Å². The average Bonchev–Trinajstić information content (AvgIpc) is 2.94. The highest BCUT2D eigenvalue weighted by molar-refractivity contribution is 7.86. The Bertz CT molecular complexity index is 2160. The first-order chi connectivity index (χ1) is 22.2. The van der Waals surface area contributed by atoms with Crippen molar-refractivity contribution in [2.24, 2.45) is 0 Å². The molecule has 0 saturated carbocycles. The SMILES string of the molecule is O=C(Nc1ccc2c(OCCCS(=O)(=O)O)cc(S(=O)(=O)O)cc2c1)Nc1ccc2c(OCCCS(=O)(=O)O)cc(S(=O)(=O)O)cc2c1. The first-order valence-electron chi connectivity index (χ1n) is 13.5. The molecule has 48 heavy (non-hydrogen) atoms. The van der Waals surface area contributed by atoms with Gasteiger partial charge in [-0.1, -0.05) is 0 Å². The monoisotopic (exact) mass is 748 g/mol. The zero-order chi connectivity index (χ0) is 35.5. The predicted molar refractivity (Wildman–Crippen MR) is 173 cm³/mol. The minimum atomic E-state index is -4.71. The molecule has 0 radical (unpaired) electrons. The number of nitrogens with one attached hydrogen (secondary N) is 2. The van der Waals surface area contributed by atoms with Crippen LogP contribution >= 0.6 is 0 Å². The molecular weight excluding hydrogens is 721 g/mol. The summed E-state index contributed by atoms with van der Waals surface area (Å²) in [6.45, 7) is -0.434. The van der Waals surface area contributed by atoms with E-state index in [0.717, 1.165) is 24.3 Å². The summed E-state index contributed by atoms with van der Waals surface area (Å²) in [7, 11) is -17.9. The van der Waals surface area contributed by atoms with E-state index in [1.54, 1.807) is 0 Å². The van der Waals surface area contributed by atoms with E-state index >= 15 is 0 Å². The average molecular weight is 749 g/mol. The van der Waals surface area contributed by atoms with Crippen molar-refractivity contribution in [1.29, 1.82) is 0 Å². The summed E-state index contributed by atoms with van der Waals surface area (Å²) in [5.74, 6) is -1.23. The second kappa shape index (κ2) is 14.2. The molecule has 0 unspecified atom stereocenters. The van der Waals surface area contributed by atoms with Crippen molar-refractivity contribution in [2.45, 2.75) is 22.6 Å². The van der Waals surface area contributed by atoms with E-state index in [-0.39, 0.29) is 59.7 Å². The van der Waals surface area contributed by atoms with Crippen molar-refractivity contribution < 1.29 is 66.2 Å². The molecule has 4 rings (SSSR count). The molecule has 4 aromatic rings. The molecule has 0 fully saturated rings. The number of hydrogen-bond acceptors (Lipinski definition) is 11. The Morgan fingerprint density at radius 1 is 0.562 bits per heavy atom. The Kier molecular flexibility index (Phi) is 10.9. The summed E-state index contributed by atoms with van der Waals surface area (Å²) in [5.41, 5.74) is 0.333. The van der Waals surface area contributed by atoms with Crippen LogP contribution in [0.4, 0.5) is 16.2 Å². The van der Waals surface area contributed by atoms with E-state index in [1.165, 1.54) is 36.4 Å². The Morgan fingerprint density at radius 2 is 0.938 bits per heavy atom. The lowest BCUT2D eigenvalue weighted by molar-refractivity contribution is 0.262. The third-order valence-corrected chi connectivity index (χ3v) is 9.77. The van der Waals surface area contributed by atoms with Gasteiger partial charge in [0.1, 0.15) is 11.5 Å². The minimum absolute atomic E-state index is 0.0198. The minimum Gasteiger partial charge on any atom is -0.493 e. The van der Waals surface area contributed by atoms with Gasteiger partial charge in [0.25, 0.3) is 40.5 Å². The fourth-order valence-electron chi connectivity index (χ4n) is 4.45. The lowest BCUT2D eigenvalue weighted by Gasteiger charge is -2.14. The molecule has 0 aliphatic heterocycles. The van der Waals surface area contributed by atoms with Gasteiger partial charge < -0.3 is 20.1 Å².